The van der Waals surface area contributed by atoms with Crippen molar-refractivity contribution in [3.05, 3.63) is 58.3 Å². The van der Waals surface area contributed by atoms with Crippen LogP contribution in [-0.4, -0.2) is 12.1 Å². The molecule has 2 N–H and O–H groups in total. The second kappa shape index (κ2) is 5.08. The lowest BCUT2D eigenvalue weighted by Gasteiger charge is -2.26. The van der Waals surface area contributed by atoms with E-state index < -0.39 is 5.54 Å². The van der Waals surface area contributed by atoms with Crippen LogP contribution in [0.2, 0.25) is 0 Å². The molecule has 4 heteroatoms. The summed E-state index contributed by atoms with van der Waals surface area (Å²) in [5.41, 5.74) is 7.46. The Kier molecular flexibility index (Phi) is 3.68. The molecule has 0 fully saturated rings. The van der Waals surface area contributed by atoms with Crippen LogP contribution in [0.25, 0.3) is 0 Å². The van der Waals surface area contributed by atoms with E-state index >= 15 is 0 Å². The summed E-state index contributed by atoms with van der Waals surface area (Å²) in [6.45, 7) is 1.93. The third-order valence-corrected chi connectivity index (χ3v) is 3.46. The second-order valence-corrected chi connectivity index (χ2v) is 5.18. The molecule has 1 aromatic carbocycles. The van der Waals surface area contributed by atoms with Crippen molar-refractivity contribution in [2.24, 2.45) is 5.73 Å². The zero-order chi connectivity index (χ0) is 13.2. The lowest BCUT2D eigenvalue weighted by Crippen LogP contribution is -2.35. The van der Waals surface area contributed by atoms with E-state index in [0.717, 1.165) is 15.7 Å². The molecule has 0 saturated carbocycles. The molecule has 0 aliphatic carbocycles. The molecule has 2 rings (SSSR count). The summed E-state index contributed by atoms with van der Waals surface area (Å²) >= 11 is 3.42. The average Bonchev–Trinajstić information content (AvgIpc) is 2.39. The highest BCUT2D eigenvalue weighted by molar-refractivity contribution is 9.10. The van der Waals surface area contributed by atoms with Gasteiger partial charge in [0.1, 0.15) is 11.4 Å². The number of hydrogen-bond acceptors (Lipinski definition) is 3. The molecule has 0 saturated heterocycles. The minimum atomic E-state index is -0.687. The van der Waals surface area contributed by atoms with E-state index in [2.05, 4.69) is 20.9 Å². The number of nitrogens with zero attached hydrogens (tertiary/aromatic N) is 1. The lowest BCUT2D eigenvalue weighted by atomic mass is 9.89. The van der Waals surface area contributed by atoms with Crippen molar-refractivity contribution in [2.75, 3.05) is 7.11 Å². The van der Waals surface area contributed by atoms with Crippen LogP contribution in [0.3, 0.4) is 0 Å². The van der Waals surface area contributed by atoms with Gasteiger partial charge in [0, 0.05) is 10.7 Å². The van der Waals surface area contributed by atoms with Gasteiger partial charge in [0.15, 0.2) is 0 Å². The van der Waals surface area contributed by atoms with Gasteiger partial charge < -0.3 is 10.5 Å². The third-order valence-electron chi connectivity index (χ3n) is 2.93. The van der Waals surface area contributed by atoms with E-state index in [-0.39, 0.29) is 0 Å². The molecule has 1 atom stereocenters. The van der Waals surface area contributed by atoms with Crippen molar-refractivity contribution in [1.82, 2.24) is 4.98 Å². The molecule has 18 heavy (non-hydrogen) atoms. The zero-order valence-electron chi connectivity index (χ0n) is 10.4. The first kappa shape index (κ1) is 13.1. The van der Waals surface area contributed by atoms with Gasteiger partial charge in [-0.3, -0.25) is 4.98 Å². The minimum absolute atomic E-state index is 0.687. The van der Waals surface area contributed by atoms with E-state index in [4.69, 9.17) is 10.5 Å². The number of benzene rings is 1. The smallest absolute Gasteiger partial charge is 0.142 e. The molecule has 3 nitrogen and oxygen atoms in total. The normalized spacial score (nSPS) is 14.0. The van der Waals surface area contributed by atoms with Crippen molar-refractivity contribution in [1.29, 1.82) is 0 Å². The van der Waals surface area contributed by atoms with Crippen LogP contribution in [-0.2, 0) is 5.54 Å². The van der Waals surface area contributed by atoms with Gasteiger partial charge in [0.05, 0.1) is 12.6 Å². The molecular weight excluding hydrogens is 292 g/mol. The number of aromatic nitrogens is 1. The number of pyridine rings is 1. The van der Waals surface area contributed by atoms with Crippen LogP contribution in [0, 0.1) is 0 Å². The molecule has 1 aromatic heterocycles. The fourth-order valence-corrected chi connectivity index (χ4v) is 2.14. The molecule has 1 unspecified atom stereocenters. The third kappa shape index (κ3) is 2.40. The van der Waals surface area contributed by atoms with Crippen LogP contribution in [0.15, 0.2) is 47.1 Å². The highest BCUT2D eigenvalue weighted by Gasteiger charge is 2.28. The Hall–Kier alpha value is -1.39. The Labute approximate surface area is 115 Å². The minimum Gasteiger partial charge on any atom is -0.495 e. The van der Waals surface area contributed by atoms with E-state index in [1.807, 2.05) is 43.3 Å². The first-order valence-electron chi connectivity index (χ1n) is 5.60. The first-order valence-corrected chi connectivity index (χ1v) is 6.39. The Bertz CT molecular complexity index is 538. The van der Waals surface area contributed by atoms with Gasteiger partial charge >= 0.3 is 0 Å². The number of ether oxygens (including phenoxy) is 1. The zero-order valence-corrected chi connectivity index (χ0v) is 11.9. The van der Waals surface area contributed by atoms with Gasteiger partial charge in [-0.2, -0.15) is 0 Å². The molecular formula is C14H15BrN2O. The second-order valence-electron chi connectivity index (χ2n) is 4.26. The Balaban J connectivity index is 2.50. The average molecular weight is 307 g/mol. The topological polar surface area (TPSA) is 48.1 Å². The maximum atomic E-state index is 6.43. The van der Waals surface area contributed by atoms with Crippen LogP contribution < -0.4 is 10.5 Å². The largest absolute Gasteiger partial charge is 0.495 e. The summed E-state index contributed by atoms with van der Waals surface area (Å²) in [5.74, 6) is 0.699. The molecule has 0 amide bonds. The molecule has 1 heterocycles. The van der Waals surface area contributed by atoms with Gasteiger partial charge in [-0.1, -0.05) is 28.1 Å². The molecule has 0 aliphatic rings. The van der Waals surface area contributed by atoms with Gasteiger partial charge in [-0.15, -0.1) is 0 Å². The Morgan fingerprint density at radius 1 is 1.22 bits per heavy atom. The summed E-state index contributed by atoms with van der Waals surface area (Å²) in [4.78, 5) is 4.36. The molecule has 2 aromatic rings. The molecule has 0 radical (unpaired) electrons. The van der Waals surface area contributed by atoms with Crippen molar-refractivity contribution in [3.8, 4) is 5.75 Å². The summed E-state index contributed by atoms with van der Waals surface area (Å²) < 4.78 is 6.35. The maximum Gasteiger partial charge on any atom is 0.142 e. The summed E-state index contributed by atoms with van der Waals surface area (Å²) in [5, 5.41) is 0. The van der Waals surface area contributed by atoms with Gasteiger partial charge in [-0.05, 0) is 36.8 Å². The van der Waals surface area contributed by atoms with E-state index in [9.17, 15) is 0 Å². The van der Waals surface area contributed by atoms with Gasteiger partial charge in [0.25, 0.3) is 0 Å². The SMILES string of the molecule is COc1cccnc1C(C)(N)c1ccc(Br)cc1. The van der Waals surface area contributed by atoms with E-state index in [0.29, 0.717) is 5.75 Å². The van der Waals surface area contributed by atoms with Crippen LogP contribution in [0.1, 0.15) is 18.2 Å². The summed E-state index contributed by atoms with van der Waals surface area (Å²) in [6.07, 6.45) is 1.72. The number of nitrogens with two attached hydrogens (primary N) is 1. The predicted molar refractivity (Wildman–Crippen MR) is 75.6 cm³/mol. The maximum absolute atomic E-state index is 6.43. The van der Waals surface area contributed by atoms with Crippen molar-refractivity contribution in [3.63, 3.8) is 0 Å². The van der Waals surface area contributed by atoms with Gasteiger partial charge in [0.2, 0.25) is 0 Å². The van der Waals surface area contributed by atoms with Crippen molar-refractivity contribution in [2.45, 2.75) is 12.5 Å². The Morgan fingerprint density at radius 3 is 2.50 bits per heavy atom. The molecule has 0 spiro atoms. The fraction of sp³-hybridized carbons (Fsp3) is 0.214. The van der Waals surface area contributed by atoms with Crippen LogP contribution >= 0.6 is 15.9 Å². The fourth-order valence-electron chi connectivity index (χ4n) is 1.88. The monoisotopic (exact) mass is 306 g/mol. The first-order chi connectivity index (χ1) is 8.55. The number of hydrogen-bond donors (Lipinski definition) is 1. The molecule has 94 valence electrons. The van der Waals surface area contributed by atoms with Crippen molar-refractivity contribution >= 4 is 15.9 Å². The quantitative estimate of drug-likeness (QED) is 0.948. The highest BCUT2D eigenvalue weighted by atomic mass is 79.9. The van der Waals surface area contributed by atoms with E-state index in [1.54, 1.807) is 13.3 Å². The number of methoxy groups -OCH3 is 1. The lowest BCUT2D eigenvalue weighted by molar-refractivity contribution is 0.393. The molecule has 0 bridgehead atoms. The summed E-state index contributed by atoms with van der Waals surface area (Å²) in [7, 11) is 1.62. The predicted octanol–water partition coefficient (Wildman–Crippen LogP) is 3.07. The van der Waals surface area contributed by atoms with Gasteiger partial charge in [-0.25, -0.2) is 0 Å². The van der Waals surface area contributed by atoms with Crippen LogP contribution in [0.5, 0.6) is 5.75 Å². The standard InChI is InChI=1S/C14H15BrN2O/c1-14(16,10-5-7-11(15)8-6-10)13-12(18-2)4-3-9-17-13/h3-9H,16H2,1-2H3. The number of rotatable bonds is 3. The molecule has 0 aliphatic heterocycles. The van der Waals surface area contributed by atoms with Crippen molar-refractivity contribution < 1.29 is 4.74 Å². The highest BCUT2D eigenvalue weighted by Crippen LogP contribution is 2.31. The van der Waals surface area contributed by atoms with Crippen LogP contribution in [0.4, 0.5) is 0 Å². The number of halogens is 1. The Morgan fingerprint density at radius 2 is 1.89 bits per heavy atom. The van der Waals surface area contributed by atoms with E-state index in [1.165, 1.54) is 0 Å². The summed E-state index contributed by atoms with van der Waals surface area (Å²) in [6, 6.07) is 11.6.